The predicted molar refractivity (Wildman–Crippen MR) is 147 cm³/mol. The molecule has 1 aliphatic heterocycles. The maximum absolute atomic E-state index is 12.1. The summed E-state index contributed by atoms with van der Waals surface area (Å²) in [6, 6.07) is 13.2. The van der Waals surface area contributed by atoms with Crippen LogP contribution < -0.4 is 10.1 Å². The van der Waals surface area contributed by atoms with Gasteiger partial charge in [-0.1, -0.05) is 12.1 Å². The Morgan fingerprint density at radius 3 is 1.88 bits per heavy atom. The van der Waals surface area contributed by atoms with E-state index in [0.717, 1.165) is 25.7 Å². The molecule has 0 aliphatic carbocycles. The Bertz CT molecular complexity index is 1270. The molecule has 2 aromatic rings. The van der Waals surface area contributed by atoms with Crippen molar-refractivity contribution >= 4 is 48.3 Å². The third-order valence-electron chi connectivity index (χ3n) is 5.61. The summed E-state index contributed by atoms with van der Waals surface area (Å²) in [5.74, 6) is -2.63. The highest BCUT2D eigenvalue weighted by Gasteiger charge is 2.53. The Labute approximate surface area is 247 Å². The first-order chi connectivity index (χ1) is 19.9. The predicted octanol–water partition coefficient (Wildman–Crippen LogP) is 3.19. The summed E-state index contributed by atoms with van der Waals surface area (Å²) in [4.78, 5) is 60.1. The van der Waals surface area contributed by atoms with Gasteiger partial charge in [-0.25, -0.2) is 4.79 Å². The van der Waals surface area contributed by atoms with E-state index in [0.29, 0.717) is 11.3 Å². The summed E-state index contributed by atoms with van der Waals surface area (Å²) in [6.07, 6.45) is -7.19. The van der Waals surface area contributed by atoms with Crippen LogP contribution in [0.2, 0.25) is 0 Å². The zero-order valence-corrected chi connectivity index (χ0v) is 24.2. The lowest BCUT2D eigenvalue weighted by Gasteiger charge is -2.43. The molecule has 5 atom stereocenters. The number of nitrogens with one attached hydrogen (secondary N) is 1. The van der Waals surface area contributed by atoms with E-state index in [1.165, 1.54) is 6.92 Å². The van der Waals surface area contributed by atoms with Gasteiger partial charge in [0.15, 0.2) is 12.2 Å². The monoisotopic (exact) mass is 605 g/mol. The molecule has 42 heavy (non-hydrogen) atoms. The largest absolute Gasteiger partial charge is 0.463 e. The minimum Gasteiger partial charge on any atom is -0.463 e. The Morgan fingerprint density at radius 1 is 0.738 bits per heavy atom. The lowest BCUT2D eigenvalue weighted by molar-refractivity contribution is -0.288. The number of rotatable bonds is 10. The molecule has 14 heteroatoms. The topological polar surface area (TPSA) is 162 Å². The number of hydrogen-bond acceptors (Lipinski definition) is 13. The summed E-state index contributed by atoms with van der Waals surface area (Å²) < 4.78 is 38.3. The molecule has 1 N–H and O–H groups in total. The molecule has 0 radical (unpaired) electrons. The average Bonchev–Trinajstić information content (AvgIpc) is 2.91. The first kappa shape index (κ1) is 32.2. The Hall–Kier alpha value is -4.30. The number of carbonyl (C=O) groups excluding carboxylic acids is 5. The summed E-state index contributed by atoms with van der Waals surface area (Å²) in [7, 11) is 0. The van der Waals surface area contributed by atoms with E-state index >= 15 is 0 Å². The molecule has 0 bridgehead atoms. The molecule has 226 valence electrons. The van der Waals surface area contributed by atoms with Crippen molar-refractivity contribution in [3.05, 3.63) is 54.1 Å². The van der Waals surface area contributed by atoms with Gasteiger partial charge < -0.3 is 33.2 Å². The molecule has 0 saturated carbocycles. The molecular weight excluding hydrogens is 574 g/mol. The molecule has 13 nitrogen and oxygen atoms in total. The molecule has 1 heterocycles. The molecular formula is C28H31NO12S. The summed E-state index contributed by atoms with van der Waals surface area (Å²) >= 11 is 4.20. The van der Waals surface area contributed by atoms with Crippen LogP contribution in [0.1, 0.15) is 33.3 Å². The highest BCUT2D eigenvalue weighted by atomic mass is 32.1. The Kier molecular flexibility index (Phi) is 11.6. The number of hydrogen-bond donors (Lipinski definition) is 2. The van der Waals surface area contributed by atoms with E-state index in [-0.39, 0.29) is 19.0 Å². The van der Waals surface area contributed by atoms with Gasteiger partial charge in [0.25, 0.3) is 0 Å². The standard InChI is InChI=1S/C28H31NO12S/c1-15(30)35-14-23-24(37-16(2)31)25(38-17(3)32)26(39-18(4)33)27(41-23)40-21-9-5-19(6-10-21)13-36-28(34)29-20-7-11-22(42)12-8-20/h5-12,23-27,42H,13-14H2,1-4H3,(H,29,34)/t23?,24-,25?,26-,27+/m0/s1. The van der Waals surface area contributed by atoms with Crippen LogP contribution in [-0.4, -0.2) is 67.3 Å². The van der Waals surface area contributed by atoms with E-state index < -0.39 is 60.7 Å². The molecule has 1 amide bonds. The fourth-order valence-corrected chi connectivity index (χ4v) is 4.08. The second-order valence-electron chi connectivity index (χ2n) is 9.08. The highest BCUT2D eigenvalue weighted by Crippen LogP contribution is 2.31. The number of carbonyl (C=O) groups is 5. The molecule has 1 saturated heterocycles. The van der Waals surface area contributed by atoms with E-state index in [1.807, 2.05) is 0 Å². The van der Waals surface area contributed by atoms with E-state index in [1.54, 1.807) is 48.5 Å². The van der Waals surface area contributed by atoms with Crippen LogP contribution >= 0.6 is 12.6 Å². The van der Waals surface area contributed by atoms with Crippen molar-refractivity contribution in [3.8, 4) is 5.75 Å². The van der Waals surface area contributed by atoms with E-state index in [2.05, 4.69) is 17.9 Å². The number of amides is 1. The van der Waals surface area contributed by atoms with Crippen molar-refractivity contribution in [2.75, 3.05) is 11.9 Å². The number of esters is 4. The van der Waals surface area contributed by atoms with Crippen LogP contribution in [0, 0.1) is 0 Å². The highest BCUT2D eigenvalue weighted by molar-refractivity contribution is 7.80. The molecule has 0 spiro atoms. The van der Waals surface area contributed by atoms with Crippen LogP contribution in [0.5, 0.6) is 5.75 Å². The minimum absolute atomic E-state index is 0.0458. The summed E-state index contributed by atoms with van der Waals surface area (Å²) in [5.41, 5.74) is 1.18. The fourth-order valence-electron chi connectivity index (χ4n) is 3.93. The molecule has 0 aromatic heterocycles. The quantitative estimate of drug-likeness (QED) is 0.231. The van der Waals surface area contributed by atoms with Crippen LogP contribution in [0.3, 0.4) is 0 Å². The normalized spacial score (nSPS) is 21.3. The fraction of sp³-hybridized carbons (Fsp3) is 0.393. The van der Waals surface area contributed by atoms with Crippen LogP contribution in [0.4, 0.5) is 10.5 Å². The lowest BCUT2D eigenvalue weighted by Crippen LogP contribution is -2.63. The number of benzene rings is 2. The zero-order chi connectivity index (χ0) is 30.8. The Balaban J connectivity index is 1.75. The first-order valence-corrected chi connectivity index (χ1v) is 13.1. The maximum atomic E-state index is 12.1. The SMILES string of the molecule is CC(=O)OCC1O[C@@H](Oc2ccc(COC(=O)Nc3ccc(S)cc3)cc2)[C@@H](OC(C)=O)C(OC(C)=O)[C@H]1OC(C)=O. The first-order valence-electron chi connectivity index (χ1n) is 12.7. The summed E-state index contributed by atoms with van der Waals surface area (Å²) in [5, 5.41) is 2.60. The molecule has 3 rings (SSSR count). The maximum Gasteiger partial charge on any atom is 0.411 e. The van der Waals surface area contributed by atoms with Gasteiger partial charge in [-0.05, 0) is 42.0 Å². The molecule has 1 fully saturated rings. The molecule has 1 aliphatic rings. The smallest absolute Gasteiger partial charge is 0.411 e. The number of thiol groups is 1. The van der Waals surface area contributed by atoms with Gasteiger partial charge >= 0.3 is 30.0 Å². The molecule has 2 aromatic carbocycles. The Morgan fingerprint density at radius 2 is 1.31 bits per heavy atom. The van der Waals surface area contributed by atoms with Crippen molar-refractivity contribution in [1.29, 1.82) is 0 Å². The van der Waals surface area contributed by atoms with Crippen molar-refractivity contribution < 1.29 is 57.1 Å². The average molecular weight is 606 g/mol. The summed E-state index contributed by atoms with van der Waals surface area (Å²) in [6.45, 7) is 4.14. The second-order valence-corrected chi connectivity index (χ2v) is 9.59. The van der Waals surface area contributed by atoms with Gasteiger partial charge in [-0.15, -0.1) is 12.6 Å². The third kappa shape index (κ3) is 9.96. The van der Waals surface area contributed by atoms with Gasteiger partial charge in [-0.2, -0.15) is 0 Å². The third-order valence-corrected chi connectivity index (χ3v) is 5.91. The lowest BCUT2D eigenvalue weighted by atomic mass is 9.98. The van der Waals surface area contributed by atoms with Gasteiger partial charge in [0, 0.05) is 38.3 Å². The number of ether oxygens (including phenoxy) is 7. The van der Waals surface area contributed by atoms with Gasteiger partial charge in [0.1, 0.15) is 25.1 Å². The van der Waals surface area contributed by atoms with Crippen LogP contribution in [-0.2, 0) is 54.2 Å². The minimum atomic E-state index is -1.37. The van der Waals surface area contributed by atoms with Crippen molar-refractivity contribution in [1.82, 2.24) is 0 Å². The van der Waals surface area contributed by atoms with Crippen molar-refractivity contribution in [3.63, 3.8) is 0 Å². The van der Waals surface area contributed by atoms with E-state index in [9.17, 15) is 24.0 Å². The zero-order valence-electron chi connectivity index (χ0n) is 23.3. The van der Waals surface area contributed by atoms with Crippen LogP contribution in [0.25, 0.3) is 0 Å². The van der Waals surface area contributed by atoms with Gasteiger partial charge in [-0.3, -0.25) is 24.5 Å². The van der Waals surface area contributed by atoms with E-state index in [4.69, 9.17) is 33.2 Å². The van der Waals surface area contributed by atoms with Gasteiger partial charge in [0.2, 0.25) is 12.4 Å². The van der Waals surface area contributed by atoms with Crippen LogP contribution in [0.15, 0.2) is 53.4 Å². The van der Waals surface area contributed by atoms with Crippen molar-refractivity contribution in [2.45, 2.75) is 69.9 Å². The second kappa shape index (κ2) is 15.1. The van der Waals surface area contributed by atoms with Crippen molar-refractivity contribution in [2.24, 2.45) is 0 Å². The number of anilines is 1. The molecule has 2 unspecified atom stereocenters. The van der Waals surface area contributed by atoms with Gasteiger partial charge in [0.05, 0.1) is 0 Å².